The molecule has 0 saturated carbocycles. The molecule has 6 nitrogen and oxygen atoms in total. The van der Waals surface area contributed by atoms with Gasteiger partial charge < -0.3 is 10.3 Å². The Morgan fingerprint density at radius 1 is 1.50 bits per heavy atom. The first-order chi connectivity index (χ1) is 10.7. The lowest BCUT2D eigenvalue weighted by molar-refractivity contribution is 0.715. The molecule has 2 rings (SSSR count). The molecule has 22 heavy (non-hydrogen) atoms. The normalized spacial score (nSPS) is 11.7. The number of thioether (sulfide) groups is 1. The Hall–Kier alpha value is -2.02. The molecule has 0 aromatic carbocycles. The fraction of sp³-hybridized carbons (Fsp3) is 0.400. The van der Waals surface area contributed by atoms with Crippen molar-refractivity contribution in [1.82, 2.24) is 24.9 Å². The van der Waals surface area contributed by atoms with E-state index in [1.165, 1.54) is 12.8 Å². The van der Waals surface area contributed by atoms with Crippen LogP contribution in [0.4, 0.5) is 0 Å². The predicted molar refractivity (Wildman–Crippen MR) is 93.6 cm³/mol. The third-order valence-corrected chi connectivity index (χ3v) is 4.37. The molecule has 0 unspecified atom stereocenters. The van der Waals surface area contributed by atoms with Gasteiger partial charge in [-0.05, 0) is 18.6 Å². The lowest BCUT2D eigenvalue weighted by Gasteiger charge is -2.23. The van der Waals surface area contributed by atoms with Crippen molar-refractivity contribution < 1.29 is 0 Å². The first kappa shape index (κ1) is 16.4. The number of nitrogens with one attached hydrogen (secondary N) is 1. The molecular weight excluding hydrogens is 296 g/mol. The number of rotatable bonds is 6. The van der Waals surface area contributed by atoms with Crippen LogP contribution in [0.5, 0.6) is 0 Å². The second kappa shape index (κ2) is 7.84. The van der Waals surface area contributed by atoms with Crippen molar-refractivity contribution in [2.75, 3.05) is 19.8 Å². The van der Waals surface area contributed by atoms with Crippen molar-refractivity contribution in [1.29, 1.82) is 0 Å². The van der Waals surface area contributed by atoms with Gasteiger partial charge in [-0.1, -0.05) is 31.7 Å². The van der Waals surface area contributed by atoms with Crippen molar-refractivity contribution in [3.8, 4) is 0 Å². The molecule has 0 aliphatic carbocycles. The summed E-state index contributed by atoms with van der Waals surface area (Å²) in [6.45, 7) is 6.38. The van der Waals surface area contributed by atoms with Gasteiger partial charge in [0, 0.05) is 37.3 Å². The average molecular weight is 318 g/mol. The van der Waals surface area contributed by atoms with E-state index < -0.39 is 0 Å². The largest absolute Gasteiger partial charge is 0.323 e. The van der Waals surface area contributed by atoms with Crippen LogP contribution in [-0.2, 0) is 0 Å². The highest BCUT2D eigenvalue weighted by atomic mass is 32.2. The Morgan fingerprint density at radius 3 is 3.05 bits per heavy atom. The monoisotopic (exact) mass is 318 g/mol. The van der Waals surface area contributed by atoms with E-state index in [1.807, 2.05) is 34.7 Å². The van der Waals surface area contributed by atoms with E-state index in [1.54, 1.807) is 25.1 Å². The van der Waals surface area contributed by atoms with Crippen LogP contribution in [0.1, 0.15) is 25.3 Å². The summed E-state index contributed by atoms with van der Waals surface area (Å²) in [6, 6.07) is 3.93. The van der Waals surface area contributed by atoms with Gasteiger partial charge in [-0.3, -0.25) is 4.40 Å². The highest BCUT2D eigenvalue weighted by Crippen LogP contribution is 2.21. The lowest BCUT2D eigenvalue weighted by Crippen LogP contribution is -2.24. The minimum atomic E-state index is 0.820. The van der Waals surface area contributed by atoms with Gasteiger partial charge in [0.15, 0.2) is 10.8 Å². The number of hydrazone groups is 1. The number of hydrogen-bond acceptors (Lipinski definition) is 5. The Bertz CT molecular complexity index is 663. The fourth-order valence-corrected chi connectivity index (χ4v) is 2.99. The minimum Gasteiger partial charge on any atom is -0.323 e. The van der Waals surface area contributed by atoms with Crippen molar-refractivity contribution in [2.24, 2.45) is 5.10 Å². The lowest BCUT2D eigenvalue weighted by atomic mass is 10.2. The van der Waals surface area contributed by atoms with Crippen LogP contribution >= 0.6 is 11.8 Å². The number of aromatic nitrogens is 3. The van der Waals surface area contributed by atoms with Crippen LogP contribution in [0, 0.1) is 0 Å². The molecule has 7 heteroatoms. The molecule has 0 amide bonds. The molecule has 2 aromatic heterocycles. The zero-order valence-corrected chi connectivity index (χ0v) is 14.1. The van der Waals surface area contributed by atoms with Crippen molar-refractivity contribution in [3.05, 3.63) is 36.8 Å². The molecule has 0 saturated heterocycles. The van der Waals surface area contributed by atoms with Gasteiger partial charge in [-0.25, -0.2) is 0 Å². The fourth-order valence-electron chi connectivity index (χ4n) is 1.91. The van der Waals surface area contributed by atoms with E-state index in [0.29, 0.717) is 0 Å². The molecule has 0 spiro atoms. The third-order valence-electron chi connectivity index (χ3n) is 3.25. The molecule has 1 N–H and O–H groups in total. The first-order valence-corrected chi connectivity index (χ1v) is 8.25. The summed E-state index contributed by atoms with van der Waals surface area (Å²) in [5, 5.41) is 13.2. The third kappa shape index (κ3) is 3.79. The number of amidine groups is 1. The van der Waals surface area contributed by atoms with Crippen LogP contribution in [-0.4, -0.2) is 44.5 Å². The van der Waals surface area contributed by atoms with Gasteiger partial charge in [0.05, 0.1) is 0 Å². The molecule has 0 aliphatic rings. The van der Waals surface area contributed by atoms with Gasteiger partial charge in [0.2, 0.25) is 0 Å². The summed E-state index contributed by atoms with van der Waals surface area (Å²) in [6.07, 6.45) is 6.00. The average Bonchev–Trinajstić information content (AvgIpc) is 3.00. The maximum atomic E-state index is 4.36. The van der Waals surface area contributed by atoms with Gasteiger partial charge in [-0.15, -0.1) is 10.2 Å². The Balaban J connectivity index is 2.15. The van der Waals surface area contributed by atoms with Crippen LogP contribution in [0.25, 0.3) is 11.3 Å². The van der Waals surface area contributed by atoms with E-state index in [-0.39, 0.29) is 0 Å². The second-order valence-electron chi connectivity index (χ2n) is 4.84. The maximum absolute atomic E-state index is 4.36. The first-order valence-electron chi connectivity index (χ1n) is 7.27. The number of hydrogen-bond donors (Lipinski definition) is 1. The Kier molecular flexibility index (Phi) is 5.83. The minimum absolute atomic E-state index is 0.820. The Labute approximate surface area is 135 Å². The van der Waals surface area contributed by atoms with E-state index in [0.717, 1.165) is 27.8 Å². The zero-order chi connectivity index (χ0) is 15.9. The number of nitrogens with zero attached hydrogens (tertiary/aromatic N) is 5. The van der Waals surface area contributed by atoms with Crippen molar-refractivity contribution >= 4 is 28.3 Å². The molecular formula is C15H22N6S. The molecule has 118 valence electrons. The van der Waals surface area contributed by atoms with E-state index in [2.05, 4.69) is 34.2 Å². The second-order valence-corrected chi connectivity index (χ2v) is 5.90. The number of pyridine rings is 1. The number of unbranched alkanes of at least 4 members (excludes halogenated alkanes) is 1. The highest BCUT2D eigenvalue weighted by molar-refractivity contribution is 8.13. The predicted octanol–water partition coefficient (Wildman–Crippen LogP) is 2.66. The standard InChI is InChI=1S/C15H22N6S/c1-5-6-9-22-15(19-16-3)20(4)12(2)13-7-8-14-18-17-11-21(14)10-13/h7-8,10-11,16H,2,5-6,9H2,1,3-4H3/b19-15+. The SMILES string of the molecule is C=C(c1ccc2nncn2c1)N(C)/C(=N\NC)SCCCC. The van der Waals surface area contributed by atoms with E-state index in [9.17, 15) is 0 Å². The van der Waals surface area contributed by atoms with Crippen LogP contribution < -0.4 is 5.43 Å². The number of fused-ring (bicyclic) bond motifs is 1. The molecule has 0 bridgehead atoms. The van der Waals surface area contributed by atoms with Gasteiger partial charge in [-0.2, -0.15) is 5.10 Å². The summed E-state index contributed by atoms with van der Waals surface area (Å²) in [4.78, 5) is 2.00. The Morgan fingerprint density at radius 2 is 2.32 bits per heavy atom. The summed E-state index contributed by atoms with van der Waals surface area (Å²) < 4.78 is 1.88. The summed E-state index contributed by atoms with van der Waals surface area (Å²) >= 11 is 1.73. The summed E-state index contributed by atoms with van der Waals surface area (Å²) in [5.41, 5.74) is 5.58. The van der Waals surface area contributed by atoms with E-state index >= 15 is 0 Å². The summed E-state index contributed by atoms with van der Waals surface area (Å²) in [5.74, 6) is 1.04. The molecule has 0 atom stereocenters. The van der Waals surface area contributed by atoms with Crippen molar-refractivity contribution in [3.63, 3.8) is 0 Å². The van der Waals surface area contributed by atoms with Crippen LogP contribution in [0.3, 0.4) is 0 Å². The maximum Gasteiger partial charge on any atom is 0.187 e. The van der Waals surface area contributed by atoms with E-state index in [4.69, 9.17) is 0 Å². The smallest absolute Gasteiger partial charge is 0.187 e. The summed E-state index contributed by atoms with van der Waals surface area (Å²) in [7, 11) is 3.79. The molecule has 2 heterocycles. The molecule has 2 aromatic rings. The van der Waals surface area contributed by atoms with Crippen LogP contribution in [0.2, 0.25) is 0 Å². The zero-order valence-electron chi connectivity index (χ0n) is 13.3. The molecule has 0 fully saturated rings. The quantitative estimate of drug-likeness (QED) is 0.384. The van der Waals surface area contributed by atoms with Crippen molar-refractivity contribution in [2.45, 2.75) is 19.8 Å². The van der Waals surface area contributed by atoms with Gasteiger partial charge in [0.1, 0.15) is 6.33 Å². The topological polar surface area (TPSA) is 57.8 Å². The van der Waals surface area contributed by atoms with Gasteiger partial charge >= 0.3 is 0 Å². The molecule has 0 radical (unpaired) electrons. The molecule has 0 aliphatic heterocycles. The van der Waals surface area contributed by atoms with Crippen LogP contribution in [0.15, 0.2) is 36.3 Å². The van der Waals surface area contributed by atoms with Gasteiger partial charge in [0.25, 0.3) is 0 Å². The highest BCUT2D eigenvalue weighted by Gasteiger charge is 2.13.